The molecule has 2 amide bonds. The van der Waals surface area contributed by atoms with E-state index < -0.39 is 17.8 Å². The molecule has 22 heavy (non-hydrogen) atoms. The summed E-state index contributed by atoms with van der Waals surface area (Å²) in [5.74, 6) is -1.98. The normalized spacial score (nSPS) is 15.4. The van der Waals surface area contributed by atoms with Crippen molar-refractivity contribution in [3.63, 3.8) is 0 Å². The molecule has 0 saturated heterocycles. The minimum absolute atomic E-state index is 0.0931. The van der Waals surface area contributed by atoms with E-state index in [1.807, 2.05) is 0 Å². The Morgan fingerprint density at radius 3 is 2.50 bits per heavy atom. The molecule has 116 valence electrons. The molecule has 1 aliphatic rings. The van der Waals surface area contributed by atoms with Gasteiger partial charge in [-0.05, 0) is 24.6 Å². The van der Waals surface area contributed by atoms with Gasteiger partial charge in [-0.25, -0.2) is 5.43 Å². The van der Waals surface area contributed by atoms with E-state index in [2.05, 4.69) is 20.6 Å². The second kappa shape index (κ2) is 6.84. The molecule has 2 rings (SSSR count). The van der Waals surface area contributed by atoms with Gasteiger partial charge in [0.15, 0.2) is 0 Å². The van der Waals surface area contributed by atoms with Crippen LogP contribution in [0.1, 0.15) is 25.3 Å². The van der Waals surface area contributed by atoms with Crippen LogP contribution in [0.3, 0.4) is 0 Å². The number of hydrogen-bond acceptors (Lipinski definition) is 5. The minimum Gasteiger partial charge on any atom is -0.468 e. The van der Waals surface area contributed by atoms with Gasteiger partial charge in [0, 0.05) is 18.5 Å². The van der Waals surface area contributed by atoms with Crippen molar-refractivity contribution in [1.82, 2.24) is 5.43 Å². The van der Waals surface area contributed by atoms with Gasteiger partial charge < -0.3 is 10.1 Å². The molecule has 7 nitrogen and oxygen atoms in total. The van der Waals surface area contributed by atoms with Gasteiger partial charge in [0.25, 0.3) is 0 Å². The molecular formula is C15H17N3O4. The molecule has 0 bridgehead atoms. The number of rotatable bonds is 4. The van der Waals surface area contributed by atoms with Crippen LogP contribution in [-0.4, -0.2) is 30.6 Å². The smallest absolute Gasteiger partial charge is 0.317 e. The molecule has 0 fully saturated rings. The highest BCUT2D eigenvalue weighted by atomic mass is 16.5. The zero-order chi connectivity index (χ0) is 16.1. The maximum Gasteiger partial charge on any atom is 0.317 e. The molecule has 1 aromatic carbocycles. The Labute approximate surface area is 127 Å². The predicted octanol–water partition coefficient (Wildman–Crippen LogP) is 1.05. The van der Waals surface area contributed by atoms with Gasteiger partial charge in [-0.15, -0.1) is 0 Å². The summed E-state index contributed by atoms with van der Waals surface area (Å²) in [6.45, 7) is 1.48. The fourth-order valence-corrected chi connectivity index (χ4v) is 1.96. The topological polar surface area (TPSA) is 96.9 Å². The van der Waals surface area contributed by atoms with Crippen molar-refractivity contribution in [2.45, 2.75) is 19.8 Å². The number of hydrazone groups is 1. The van der Waals surface area contributed by atoms with Gasteiger partial charge in [0.2, 0.25) is 11.8 Å². The second-order valence-electron chi connectivity index (χ2n) is 4.90. The zero-order valence-electron chi connectivity index (χ0n) is 12.4. The maximum atomic E-state index is 11.9. The molecule has 0 spiro atoms. The second-order valence-corrected chi connectivity index (χ2v) is 4.90. The van der Waals surface area contributed by atoms with Crippen LogP contribution < -0.4 is 10.7 Å². The lowest BCUT2D eigenvalue weighted by Crippen LogP contribution is -2.28. The van der Waals surface area contributed by atoms with Crippen molar-refractivity contribution in [1.29, 1.82) is 0 Å². The van der Waals surface area contributed by atoms with E-state index in [0.717, 1.165) is 11.3 Å². The number of carbonyl (C=O) groups excluding carboxylic acids is 3. The van der Waals surface area contributed by atoms with E-state index in [1.54, 1.807) is 24.3 Å². The summed E-state index contributed by atoms with van der Waals surface area (Å²) in [4.78, 5) is 34.2. The molecule has 1 heterocycles. The number of nitrogens with zero attached hydrogens (tertiary/aromatic N) is 1. The fourth-order valence-electron chi connectivity index (χ4n) is 1.96. The molecule has 1 aliphatic heterocycles. The van der Waals surface area contributed by atoms with Gasteiger partial charge >= 0.3 is 5.97 Å². The minimum atomic E-state index is -0.873. The Bertz CT molecular complexity index is 622. The number of anilines is 1. The lowest BCUT2D eigenvalue weighted by atomic mass is 10.0. The molecule has 1 unspecified atom stereocenters. The quantitative estimate of drug-likeness (QED) is 0.641. The zero-order valence-corrected chi connectivity index (χ0v) is 12.4. The Morgan fingerprint density at radius 2 is 1.95 bits per heavy atom. The fraction of sp³-hybridized carbons (Fsp3) is 0.333. The average molecular weight is 303 g/mol. The number of methoxy groups -OCH3 is 1. The molecule has 1 atom stereocenters. The third-order valence-electron chi connectivity index (χ3n) is 3.34. The van der Waals surface area contributed by atoms with Crippen molar-refractivity contribution in [2.24, 2.45) is 11.0 Å². The maximum absolute atomic E-state index is 11.9. The van der Waals surface area contributed by atoms with E-state index in [9.17, 15) is 14.4 Å². The highest BCUT2D eigenvalue weighted by molar-refractivity contribution is 6.06. The van der Waals surface area contributed by atoms with Crippen molar-refractivity contribution in [3.05, 3.63) is 29.8 Å². The first-order valence-electron chi connectivity index (χ1n) is 6.86. The highest BCUT2D eigenvalue weighted by Crippen LogP contribution is 2.15. The van der Waals surface area contributed by atoms with Crippen LogP contribution in [0.15, 0.2) is 29.4 Å². The summed E-state index contributed by atoms with van der Waals surface area (Å²) < 4.78 is 4.53. The monoisotopic (exact) mass is 303 g/mol. The molecule has 2 N–H and O–H groups in total. The number of nitrogens with one attached hydrogen (secondary N) is 2. The Balaban J connectivity index is 2.02. The summed E-state index contributed by atoms with van der Waals surface area (Å²) in [5.41, 5.74) is 4.68. The SMILES string of the molecule is COC(=O)C(C)C(=O)Nc1ccc(C2=NNC(=O)CC2)cc1. The number of hydrogen-bond donors (Lipinski definition) is 2. The van der Waals surface area contributed by atoms with Crippen LogP contribution in [0.2, 0.25) is 0 Å². The predicted molar refractivity (Wildman–Crippen MR) is 80.2 cm³/mol. The summed E-state index contributed by atoms with van der Waals surface area (Å²) in [6.07, 6.45) is 0.991. The standard InChI is InChI=1S/C15H17N3O4/c1-9(15(21)22-2)14(20)16-11-5-3-10(4-6-11)12-7-8-13(19)18-17-12/h3-6,9H,7-8H2,1-2H3,(H,16,20)(H,18,19). The first-order valence-corrected chi connectivity index (χ1v) is 6.86. The molecular weight excluding hydrogens is 286 g/mol. The van der Waals surface area contributed by atoms with Crippen LogP contribution in [0.5, 0.6) is 0 Å². The molecule has 0 aliphatic carbocycles. The number of carbonyl (C=O) groups is 3. The lowest BCUT2D eigenvalue weighted by Gasteiger charge is -2.13. The molecule has 0 radical (unpaired) electrons. The van der Waals surface area contributed by atoms with Crippen molar-refractivity contribution in [3.8, 4) is 0 Å². The van der Waals surface area contributed by atoms with E-state index in [0.29, 0.717) is 18.5 Å². The van der Waals surface area contributed by atoms with Crippen LogP contribution in [-0.2, 0) is 19.1 Å². The summed E-state index contributed by atoms with van der Waals surface area (Å²) in [5, 5.41) is 6.65. The Kier molecular flexibility index (Phi) is 4.88. The average Bonchev–Trinajstić information content (AvgIpc) is 2.55. The summed E-state index contributed by atoms with van der Waals surface area (Å²) in [6, 6.07) is 7.04. The van der Waals surface area contributed by atoms with Crippen LogP contribution in [0, 0.1) is 5.92 Å². The Hall–Kier alpha value is -2.70. The van der Waals surface area contributed by atoms with E-state index >= 15 is 0 Å². The molecule has 7 heteroatoms. The number of esters is 1. The summed E-state index contributed by atoms with van der Waals surface area (Å²) >= 11 is 0. The van der Waals surface area contributed by atoms with Gasteiger partial charge in [-0.3, -0.25) is 14.4 Å². The van der Waals surface area contributed by atoms with Crippen LogP contribution in [0.25, 0.3) is 0 Å². The van der Waals surface area contributed by atoms with Gasteiger partial charge in [-0.2, -0.15) is 5.10 Å². The van der Waals surface area contributed by atoms with E-state index in [-0.39, 0.29) is 5.91 Å². The Morgan fingerprint density at radius 1 is 1.27 bits per heavy atom. The summed E-state index contributed by atoms with van der Waals surface area (Å²) in [7, 11) is 1.24. The van der Waals surface area contributed by atoms with Gasteiger partial charge in [0.05, 0.1) is 12.8 Å². The number of ether oxygens (including phenoxy) is 1. The number of benzene rings is 1. The molecule has 0 aromatic heterocycles. The first kappa shape index (κ1) is 15.7. The highest BCUT2D eigenvalue weighted by Gasteiger charge is 2.22. The number of amides is 2. The molecule has 1 aromatic rings. The third kappa shape index (κ3) is 3.69. The van der Waals surface area contributed by atoms with Crippen molar-refractivity contribution < 1.29 is 19.1 Å². The first-order chi connectivity index (χ1) is 10.5. The lowest BCUT2D eigenvalue weighted by molar-refractivity contribution is -0.147. The largest absolute Gasteiger partial charge is 0.468 e. The van der Waals surface area contributed by atoms with E-state index in [1.165, 1.54) is 14.0 Å². The van der Waals surface area contributed by atoms with Crippen LogP contribution >= 0.6 is 0 Å². The van der Waals surface area contributed by atoms with Crippen molar-refractivity contribution in [2.75, 3.05) is 12.4 Å². The molecule has 0 saturated carbocycles. The third-order valence-corrected chi connectivity index (χ3v) is 3.34. The van der Waals surface area contributed by atoms with Gasteiger partial charge in [0.1, 0.15) is 5.92 Å². The van der Waals surface area contributed by atoms with Crippen molar-refractivity contribution >= 4 is 29.2 Å². The van der Waals surface area contributed by atoms with Crippen LogP contribution in [0.4, 0.5) is 5.69 Å². The van der Waals surface area contributed by atoms with Gasteiger partial charge in [-0.1, -0.05) is 12.1 Å². The van der Waals surface area contributed by atoms with E-state index in [4.69, 9.17) is 0 Å².